The average Bonchev–Trinajstić information content (AvgIpc) is 2.45. The lowest BCUT2D eigenvalue weighted by molar-refractivity contribution is -0.126. The molecule has 1 unspecified atom stereocenters. The van der Waals surface area contributed by atoms with Gasteiger partial charge < -0.3 is 10.1 Å². The third-order valence-corrected chi connectivity index (χ3v) is 6.01. The minimum Gasteiger partial charge on any atom is -0.492 e. The molecule has 0 aromatic heterocycles. The first-order valence-corrected chi connectivity index (χ1v) is 8.58. The van der Waals surface area contributed by atoms with E-state index in [9.17, 15) is 9.18 Å². The molecule has 1 N–H and O–H groups in total. The quantitative estimate of drug-likeness (QED) is 0.929. The molecule has 1 aliphatic carbocycles. The molecule has 0 saturated heterocycles. The van der Waals surface area contributed by atoms with Gasteiger partial charge in [0.25, 0.3) is 0 Å². The maximum Gasteiger partial charge on any atom is 0.226 e. The average molecular weight is 309 g/mol. The zero-order chi connectivity index (χ0) is 14.9. The lowest BCUT2D eigenvalue weighted by Gasteiger charge is -2.40. The smallest absolute Gasteiger partial charge is 0.226 e. The largest absolute Gasteiger partial charge is 0.492 e. The van der Waals surface area contributed by atoms with Crippen LogP contribution in [0.15, 0.2) is 18.2 Å². The van der Waals surface area contributed by atoms with Crippen molar-refractivity contribution in [2.45, 2.75) is 30.4 Å². The monoisotopic (exact) mass is 309 g/mol. The van der Waals surface area contributed by atoms with Crippen LogP contribution in [0.1, 0.15) is 24.8 Å². The molecule has 1 aromatic carbocycles. The summed E-state index contributed by atoms with van der Waals surface area (Å²) >= 11 is 1.85. The fraction of sp³-hybridized carbons (Fsp3) is 0.562. The Labute approximate surface area is 128 Å². The van der Waals surface area contributed by atoms with Gasteiger partial charge in [-0.15, -0.1) is 0 Å². The van der Waals surface area contributed by atoms with E-state index in [-0.39, 0.29) is 22.4 Å². The van der Waals surface area contributed by atoms with Crippen molar-refractivity contribution in [3.63, 3.8) is 0 Å². The van der Waals surface area contributed by atoms with E-state index in [1.807, 2.05) is 11.8 Å². The lowest BCUT2D eigenvalue weighted by Crippen LogP contribution is -2.48. The van der Waals surface area contributed by atoms with Crippen molar-refractivity contribution in [3.8, 4) is 5.75 Å². The molecule has 1 fully saturated rings. The van der Waals surface area contributed by atoms with Gasteiger partial charge in [0.1, 0.15) is 18.2 Å². The Morgan fingerprint density at radius 1 is 1.52 bits per heavy atom. The second-order valence-electron chi connectivity index (χ2n) is 5.92. The summed E-state index contributed by atoms with van der Waals surface area (Å²) in [5.74, 6) is 0.134. The summed E-state index contributed by atoms with van der Waals surface area (Å²) in [5.41, 5.74) is 0.908. The zero-order valence-electron chi connectivity index (χ0n) is 12.2. The van der Waals surface area contributed by atoms with Crippen LogP contribution in [0, 0.1) is 11.7 Å². The molecule has 2 aliphatic rings. The van der Waals surface area contributed by atoms with E-state index in [1.54, 1.807) is 6.07 Å². The van der Waals surface area contributed by atoms with Gasteiger partial charge in [0, 0.05) is 17.4 Å². The summed E-state index contributed by atoms with van der Waals surface area (Å²) in [6.07, 6.45) is 6.34. The number of nitrogens with one attached hydrogen (secondary N) is 1. The zero-order valence-corrected chi connectivity index (χ0v) is 13.0. The van der Waals surface area contributed by atoms with Crippen LogP contribution in [-0.4, -0.2) is 30.1 Å². The highest BCUT2D eigenvalue weighted by Crippen LogP contribution is 2.42. The molecule has 3 rings (SSSR count). The van der Waals surface area contributed by atoms with Crippen molar-refractivity contribution in [3.05, 3.63) is 29.6 Å². The number of benzene rings is 1. The van der Waals surface area contributed by atoms with Gasteiger partial charge in [-0.3, -0.25) is 4.79 Å². The fourth-order valence-electron chi connectivity index (χ4n) is 2.93. The van der Waals surface area contributed by atoms with Crippen molar-refractivity contribution in [1.82, 2.24) is 5.32 Å². The molecule has 0 bridgehead atoms. The molecule has 1 amide bonds. The standard InChI is InChI=1S/C16H20FNO2S/c1-21-16(5-2-6-16)10-18-15(19)12-7-11-3-4-13(17)8-14(11)20-9-12/h3-4,8,12H,2,5-7,9-10H2,1H3,(H,18,19). The van der Waals surface area contributed by atoms with Crippen molar-refractivity contribution in [2.75, 3.05) is 19.4 Å². The van der Waals surface area contributed by atoms with E-state index in [0.29, 0.717) is 18.8 Å². The van der Waals surface area contributed by atoms with Crippen LogP contribution in [0.5, 0.6) is 5.75 Å². The summed E-state index contributed by atoms with van der Waals surface area (Å²) in [7, 11) is 0. The number of thioether (sulfide) groups is 1. The topological polar surface area (TPSA) is 38.3 Å². The summed E-state index contributed by atoms with van der Waals surface area (Å²) in [4.78, 5) is 12.3. The van der Waals surface area contributed by atoms with Crippen molar-refractivity contribution in [1.29, 1.82) is 0 Å². The molecule has 0 spiro atoms. The number of carbonyl (C=O) groups excluding carboxylic acids is 1. The number of hydrogen-bond donors (Lipinski definition) is 1. The van der Waals surface area contributed by atoms with Gasteiger partial charge in [-0.1, -0.05) is 12.5 Å². The van der Waals surface area contributed by atoms with Crippen LogP contribution in [-0.2, 0) is 11.2 Å². The summed E-state index contributed by atoms with van der Waals surface area (Å²) < 4.78 is 18.9. The van der Waals surface area contributed by atoms with E-state index >= 15 is 0 Å². The van der Waals surface area contributed by atoms with Gasteiger partial charge in [-0.25, -0.2) is 4.39 Å². The first kappa shape index (κ1) is 14.7. The lowest BCUT2D eigenvalue weighted by atomic mass is 9.84. The third-order valence-electron chi connectivity index (χ3n) is 4.59. The van der Waals surface area contributed by atoms with Gasteiger partial charge in [0.15, 0.2) is 0 Å². The number of ether oxygens (including phenoxy) is 1. The van der Waals surface area contributed by atoms with Crippen molar-refractivity contribution in [2.24, 2.45) is 5.92 Å². The number of amides is 1. The van der Waals surface area contributed by atoms with Gasteiger partial charge >= 0.3 is 0 Å². The second kappa shape index (κ2) is 5.87. The van der Waals surface area contributed by atoms with E-state index in [1.165, 1.54) is 31.4 Å². The van der Waals surface area contributed by atoms with Gasteiger partial charge in [-0.05, 0) is 37.1 Å². The second-order valence-corrected chi connectivity index (χ2v) is 7.20. The van der Waals surface area contributed by atoms with E-state index in [4.69, 9.17) is 4.74 Å². The first-order chi connectivity index (χ1) is 10.1. The van der Waals surface area contributed by atoms with Crippen LogP contribution in [0.25, 0.3) is 0 Å². The van der Waals surface area contributed by atoms with Crippen LogP contribution in [0.2, 0.25) is 0 Å². The minimum absolute atomic E-state index is 0.0466. The van der Waals surface area contributed by atoms with Gasteiger partial charge in [0.2, 0.25) is 5.91 Å². The van der Waals surface area contributed by atoms with E-state index < -0.39 is 0 Å². The van der Waals surface area contributed by atoms with E-state index in [2.05, 4.69) is 11.6 Å². The van der Waals surface area contributed by atoms with Crippen molar-refractivity contribution >= 4 is 17.7 Å². The number of carbonyl (C=O) groups is 1. The molecule has 1 saturated carbocycles. The maximum absolute atomic E-state index is 13.1. The molecule has 1 aliphatic heterocycles. The highest BCUT2D eigenvalue weighted by atomic mass is 32.2. The molecule has 5 heteroatoms. The van der Waals surface area contributed by atoms with Crippen molar-refractivity contribution < 1.29 is 13.9 Å². The summed E-state index contributed by atoms with van der Waals surface area (Å²) in [5, 5.41) is 3.07. The Morgan fingerprint density at radius 3 is 3.00 bits per heavy atom. The Morgan fingerprint density at radius 2 is 2.33 bits per heavy atom. The van der Waals surface area contributed by atoms with Crippen LogP contribution in [0.3, 0.4) is 0 Å². The molecule has 1 heterocycles. The molecule has 1 atom stereocenters. The Balaban J connectivity index is 1.58. The number of rotatable bonds is 4. The summed E-state index contributed by atoms with van der Waals surface area (Å²) in [6, 6.07) is 4.51. The normalized spacial score (nSPS) is 22.7. The predicted octanol–water partition coefficient (Wildman–Crippen LogP) is 2.78. The summed E-state index contributed by atoms with van der Waals surface area (Å²) in [6.45, 7) is 1.06. The van der Waals surface area contributed by atoms with Crippen LogP contribution < -0.4 is 10.1 Å². The molecular formula is C16H20FNO2S. The van der Waals surface area contributed by atoms with Gasteiger partial charge in [0.05, 0.1) is 5.92 Å². The highest BCUT2D eigenvalue weighted by Gasteiger charge is 2.37. The fourth-order valence-corrected chi connectivity index (χ4v) is 3.84. The molecular weight excluding hydrogens is 289 g/mol. The number of fused-ring (bicyclic) bond motifs is 1. The first-order valence-electron chi connectivity index (χ1n) is 7.36. The Bertz CT molecular complexity index is 540. The van der Waals surface area contributed by atoms with Gasteiger partial charge in [-0.2, -0.15) is 11.8 Å². The van der Waals surface area contributed by atoms with E-state index in [0.717, 1.165) is 12.1 Å². The highest BCUT2D eigenvalue weighted by molar-refractivity contribution is 8.00. The Hall–Kier alpha value is -1.23. The number of hydrogen-bond acceptors (Lipinski definition) is 3. The molecule has 1 aromatic rings. The van der Waals surface area contributed by atoms with Crippen LogP contribution in [0.4, 0.5) is 4.39 Å². The predicted molar refractivity (Wildman–Crippen MR) is 82.2 cm³/mol. The maximum atomic E-state index is 13.1. The minimum atomic E-state index is -0.302. The van der Waals surface area contributed by atoms with Crippen LogP contribution >= 0.6 is 11.8 Å². The molecule has 114 valence electrons. The Kier molecular flexibility index (Phi) is 4.11. The SMILES string of the molecule is CSC1(CNC(=O)C2COc3cc(F)ccc3C2)CCC1. The molecule has 21 heavy (non-hydrogen) atoms. The molecule has 0 radical (unpaired) electrons. The number of halogens is 1. The molecule has 3 nitrogen and oxygen atoms in total. The third kappa shape index (κ3) is 3.03.